The van der Waals surface area contributed by atoms with E-state index in [-0.39, 0.29) is 12.7 Å². The van der Waals surface area contributed by atoms with Crippen molar-refractivity contribution in [2.24, 2.45) is 0 Å². The van der Waals surface area contributed by atoms with Gasteiger partial charge in [0.25, 0.3) is 7.82 Å². The fourth-order valence-corrected chi connectivity index (χ4v) is 2.04. The topological polar surface area (TPSA) is 88.1 Å². The molecule has 0 radical (unpaired) electrons. The number of hydrogen-bond acceptors (Lipinski definition) is 6. The van der Waals surface area contributed by atoms with Crippen molar-refractivity contribution >= 4 is 7.82 Å². The number of phosphoric ester groups is 1. The molecule has 14 heavy (non-hydrogen) atoms. The van der Waals surface area contributed by atoms with E-state index in [1.54, 1.807) is 6.92 Å². The van der Waals surface area contributed by atoms with E-state index in [2.05, 4.69) is 4.52 Å². The Hall–Kier alpha value is 0.0300. The molecule has 0 aromatic carbocycles. The quantitative estimate of drug-likeness (QED) is 0.658. The minimum Gasteiger partial charge on any atom is -0.756 e. The van der Waals surface area contributed by atoms with Crippen LogP contribution in [0.25, 0.3) is 0 Å². The van der Waals surface area contributed by atoms with Gasteiger partial charge in [-0.05, 0) is 6.92 Å². The largest absolute Gasteiger partial charge is 0.756 e. The average molecular weight is 225 g/mol. The van der Waals surface area contributed by atoms with Crippen molar-refractivity contribution in [1.29, 1.82) is 0 Å². The van der Waals surface area contributed by atoms with E-state index in [9.17, 15) is 9.46 Å². The summed E-state index contributed by atoms with van der Waals surface area (Å²) in [5.74, 6) is 0. The second-order valence-corrected chi connectivity index (χ2v) is 4.65. The molecular formula is C7H14O6P-. The Bertz CT molecular complexity index is 232. The second kappa shape index (κ2) is 4.70. The van der Waals surface area contributed by atoms with Crippen LogP contribution in [-0.4, -0.2) is 37.1 Å². The Kier molecular flexibility index (Phi) is 4.06. The van der Waals surface area contributed by atoms with Gasteiger partial charge in [-0.3, -0.25) is 4.57 Å². The lowest BCUT2D eigenvalue weighted by Gasteiger charge is -2.26. The summed E-state index contributed by atoms with van der Waals surface area (Å²) < 4.78 is 25.1. The lowest BCUT2D eigenvalue weighted by molar-refractivity contribution is -0.228. The molecular weight excluding hydrogens is 211 g/mol. The fraction of sp³-hybridized carbons (Fsp3) is 1.00. The third-order valence-electron chi connectivity index (χ3n) is 2.05. The Balaban J connectivity index is 2.55. The van der Waals surface area contributed by atoms with E-state index < -0.39 is 20.0 Å². The minimum absolute atomic E-state index is 0.117. The summed E-state index contributed by atoms with van der Waals surface area (Å²) in [5.41, 5.74) is 0. The molecule has 0 amide bonds. The Morgan fingerprint density at radius 1 is 1.71 bits per heavy atom. The van der Waals surface area contributed by atoms with Gasteiger partial charge in [-0.2, -0.15) is 0 Å². The SMILES string of the molecule is COP(=O)([O-])OC1C[C@H](C)O[C@@H]1CO. The summed E-state index contributed by atoms with van der Waals surface area (Å²) in [6.45, 7) is 1.52. The summed E-state index contributed by atoms with van der Waals surface area (Å²) in [4.78, 5) is 11.0. The number of ether oxygens (including phenoxy) is 1. The van der Waals surface area contributed by atoms with Crippen LogP contribution in [0.3, 0.4) is 0 Å². The second-order valence-electron chi connectivity index (χ2n) is 3.18. The molecule has 0 saturated carbocycles. The molecule has 0 aliphatic carbocycles. The molecule has 1 aliphatic rings. The molecule has 6 nitrogen and oxygen atoms in total. The molecule has 1 heterocycles. The lowest BCUT2D eigenvalue weighted by atomic mass is 10.1. The maximum atomic E-state index is 11.0. The molecule has 1 saturated heterocycles. The van der Waals surface area contributed by atoms with Crippen LogP contribution >= 0.6 is 7.82 Å². The van der Waals surface area contributed by atoms with Crippen molar-refractivity contribution in [3.63, 3.8) is 0 Å². The monoisotopic (exact) mass is 225 g/mol. The van der Waals surface area contributed by atoms with Gasteiger partial charge in [0.15, 0.2) is 0 Å². The van der Waals surface area contributed by atoms with Crippen LogP contribution in [-0.2, 0) is 18.3 Å². The number of rotatable bonds is 4. The predicted octanol–water partition coefficient (Wildman–Crippen LogP) is -0.344. The van der Waals surface area contributed by atoms with Crippen molar-refractivity contribution < 1.29 is 28.3 Å². The van der Waals surface area contributed by atoms with Crippen molar-refractivity contribution in [1.82, 2.24) is 0 Å². The highest BCUT2D eigenvalue weighted by atomic mass is 31.2. The Labute approximate surface area is 82.4 Å². The number of aliphatic hydroxyl groups is 1. The zero-order chi connectivity index (χ0) is 10.8. The molecule has 84 valence electrons. The number of hydrogen-bond donors (Lipinski definition) is 1. The van der Waals surface area contributed by atoms with Crippen molar-refractivity contribution in [2.75, 3.05) is 13.7 Å². The third-order valence-corrected chi connectivity index (χ3v) is 3.03. The van der Waals surface area contributed by atoms with Crippen LogP contribution in [0.1, 0.15) is 13.3 Å². The Morgan fingerprint density at radius 2 is 2.36 bits per heavy atom. The summed E-state index contributed by atoms with van der Waals surface area (Å²) >= 11 is 0. The molecule has 7 heteroatoms. The lowest BCUT2D eigenvalue weighted by Crippen LogP contribution is -2.28. The third kappa shape index (κ3) is 3.02. The van der Waals surface area contributed by atoms with Crippen LogP contribution in [0.15, 0.2) is 0 Å². The van der Waals surface area contributed by atoms with Crippen molar-refractivity contribution in [3.8, 4) is 0 Å². The molecule has 1 fully saturated rings. The van der Waals surface area contributed by atoms with E-state index in [0.29, 0.717) is 6.42 Å². The van der Waals surface area contributed by atoms with Crippen LogP contribution in [0, 0.1) is 0 Å². The van der Waals surface area contributed by atoms with Gasteiger partial charge in [-0.25, -0.2) is 0 Å². The molecule has 4 atom stereocenters. The highest BCUT2D eigenvalue weighted by Crippen LogP contribution is 2.42. The molecule has 0 spiro atoms. The first-order valence-electron chi connectivity index (χ1n) is 4.30. The molecule has 0 bridgehead atoms. The van der Waals surface area contributed by atoms with Gasteiger partial charge in [0, 0.05) is 13.5 Å². The van der Waals surface area contributed by atoms with E-state index in [4.69, 9.17) is 14.4 Å². The van der Waals surface area contributed by atoms with Crippen molar-refractivity contribution in [3.05, 3.63) is 0 Å². The van der Waals surface area contributed by atoms with Gasteiger partial charge < -0.3 is 23.8 Å². The molecule has 0 aromatic rings. The van der Waals surface area contributed by atoms with Crippen LogP contribution < -0.4 is 4.89 Å². The standard InChI is InChI=1S/C7H15O6P/c1-5-3-6(7(4-8)12-5)13-14(9,10)11-2/h5-8H,3-4H2,1-2H3,(H,9,10)/p-1/t5-,6?,7+/m0/s1. The number of phosphoric acid groups is 1. The highest BCUT2D eigenvalue weighted by molar-refractivity contribution is 7.45. The zero-order valence-electron chi connectivity index (χ0n) is 8.08. The van der Waals surface area contributed by atoms with Gasteiger partial charge in [0.1, 0.15) is 6.10 Å². The molecule has 1 N–H and O–H groups in total. The van der Waals surface area contributed by atoms with E-state index >= 15 is 0 Å². The van der Waals surface area contributed by atoms with Crippen LogP contribution in [0.5, 0.6) is 0 Å². The normalized spacial score (nSPS) is 37.0. The Morgan fingerprint density at radius 3 is 2.86 bits per heavy atom. The van der Waals surface area contributed by atoms with Crippen LogP contribution in [0.4, 0.5) is 0 Å². The molecule has 1 aliphatic heterocycles. The van der Waals surface area contributed by atoms with Gasteiger partial charge in [-0.1, -0.05) is 0 Å². The maximum Gasteiger partial charge on any atom is 0.267 e. The van der Waals surface area contributed by atoms with Gasteiger partial charge in [-0.15, -0.1) is 0 Å². The fourth-order valence-electron chi connectivity index (χ4n) is 1.40. The number of aliphatic hydroxyl groups excluding tert-OH is 1. The summed E-state index contributed by atoms with van der Waals surface area (Å²) in [5, 5.41) is 8.89. The van der Waals surface area contributed by atoms with E-state index in [0.717, 1.165) is 7.11 Å². The first-order chi connectivity index (χ1) is 6.48. The predicted molar refractivity (Wildman–Crippen MR) is 45.5 cm³/mol. The van der Waals surface area contributed by atoms with E-state index in [1.807, 2.05) is 0 Å². The molecule has 0 aromatic heterocycles. The molecule has 1 rings (SSSR count). The maximum absolute atomic E-state index is 11.0. The molecule has 2 unspecified atom stereocenters. The van der Waals surface area contributed by atoms with E-state index in [1.165, 1.54) is 0 Å². The first kappa shape index (κ1) is 12.1. The summed E-state index contributed by atoms with van der Waals surface area (Å²) in [7, 11) is -3.21. The zero-order valence-corrected chi connectivity index (χ0v) is 8.98. The van der Waals surface area contributed by atoms with Gasteiger partial charge in [0.05, 0.1) is 18.8 Å². The van der Waals surface area contributed by atoms with Gasteiger partial charge >= 0.3 is 0 Å². The summed E-state index contributed by atoms with van der Waals surface area (Å²) in [6, 6.07) is 0. The first-order valence-corrected chi connectivity index (χ1v) is 5.76. The minimum atomic E-state index is -4.24. The summed E-state index contributed by atoms with van der Waals surface area (Å²) in [6.07, 6.45) is -0.935. The van der Waals surface area contributed by atoms with Crippen molar-refractivity contribution in [2.45, 2.75) is 31.7 Å². The smallest absolute Gasteiger partial charge is 0.267 e. The average Bonchev–Trinajstić information content (AvgIpc) is 2.45. The van der Waals surface area contributed by atoms with Gasteiger partial charge in [0.2, 0.25) is 0 Å². The highest BCUT2D eigenvalue weighted by Gasteiger charge is 2.35. The van der Waals surface area contributed by atoms with Crippen LogP contribution in [0.2, 0.25) is 0 Å².